The van der Waals surface area contributed by atoms with Gasteiger partial charge in [0.25, 0.3) is 5.56 Å². The van der Waals surface area contributed by atoms with E-state index in [0.29, 0.717) is 0 Å². The molecule has 0 saturated carbocycles. The number of hydrogen-bond donors (Lipinski definition) is 5. The molecular weight excluding hydrogens is 398 g/mol. The molecule has 1 aliphatic rings. The first-order valence-corrected chi connectivity index (χ1v) is 10.1. The Morgan fingerprint density at radius 3 is 2.77 bits per heavy atom. The molecule has 26 heavy (non-hydrogen) atoms. The number of aromatic amines is 1. The highest BCUT2D eigenvalue weighted by Gasteiger charge is 2.39. The van der Waals surface area contributed by atoms with Crippen LogP contribution in [-0.4, -0.2) is 58.1 Å². The fraction of sp³-hybridized carbons (Fsp3) is 0.500. The van der Waals surface area contributed by atoms with Gasteiger partial charge < -0.3 is 29.5 Å². The number of rotatable bonds is 6. The summed E-state index contributed by atoms with van der Waals surface area (Å²) in [5.41, 5.74) is -0.271. The highest BCUT2D eigenvalue weighted by molar-refractivity contribution is 7.60. The summed E-state index contributed by atoms with van der Waals surface area (Å²) in [5.74, 6) is 0. The maximum Gasteiger partial charge on any atom is 0.481 e. The lowest BCUT2D eigenvalue weighted by Crippen LogP contribution is -2.20. The number of phosphoric acid groups is 2. The van der Waals surface area contributed by atoms with Gasteiger partial charge in [0.15, 0.2) is 17.4 Å². The van der Waals surface area contributed by atoms with Gasteiger partial charge in [-0.05, 0) is 0 Å². The van der Waals surface area contributed by atoms with Crippen LogP contribution in [0, 0.1) is 0 Å². The van der Waals surface area contributed by atoms with Gasteiger partial charge in [0.2, 0.25) is 0 Å². The number of phosphoric ester groups is 1. The molecule has 1 saturated heterocycles. The summed E-state index contributed by atoms with van der Waals surface area (Å²) in [6.45, 7) is -0.581. The molecule has 0 aliphatic carbocycles. The van der Waals surface area contributed by atoms with E-state index in [1.807, 2.05) is 0 Å². The van der Waals surface area contributed by atoms with Crippen LogP contribution in [0.4, 0.5) is 0 Å². The molecule has 0 spiro atoms. The number of aliphatic hydroxyl groups excluding tert-OH is 1. The molecule has 2 aromatic heterocycles. The first-order valence-electron chi connectivity index (χ1n) is 7.04. The molecule has 144 valence electrons. The minimum atomic E-state index is -5.23. The van der Waals surface area contributed by atoms with Crippen LogP contribution in [0.15, 0.2) is 17.4 Å². The molecule has 3 rings (SSSR count). The van der Waals surface area contributed by atoms with E-state index in [2.05, 4.69) is 23.8 Å². The molecule has 1 unspecified atom stereocenters. The van der Waals surface area contributed by atoms with Crippen LogP contribution < -0.4 is 5.56 Å². The van der Waals surface area contributed by atoms with Gasteiger partial charge in [-0.3, -0.25) is 13.9 Å². The van der Waals surface area contributed by atoms with Crippen LogP contribution in [-0.2, 0) is 22.7 Å². The normalized spacial score (nSPS) is 26.2. The topological polar surface area (TPSA) is 206 Å². The molecular formula is C10H14N4O10P2. The third-order valence-electron chi connectivity index (χ3n) is 3.44. The van der Waals surface area contributed by atoms with E-state index in [1.165, 1.54) is 10.9 Å². The maximum atomic E-state index is 11.6. The molecule has 1 fully saturated rings. The second kappa shape index (κ2) is 6.93. The Labute approximate surface area is 144 Å². The van der Waals surface area contributed by atoms with Crippen molar-refractivity contribution in [3.05, 3.63) is 23.0 Å². The molecule has 4 atom stereocenters. The van der Waals surface area contributed by atoms with Crippen molar-refractivity contribution in [3.8, 4) is 0 Å². The lowest BCUT2D eigenvalue weighted by atomic mass is 10.2. The first-order chi connectivity index (χ1) is 12.1. The minimum Gasteiger partial charge on any atom is -0.388 e. The Morgan fingerprint density at radius 1 is 1.35 bits per heavy atom. The zero-order chi connectivity index (χ0) is 19.1. The second-order valence-corrected chi connectivity index (χ2v) is 8.17. The maximum absolute atomic E-state index is 11.6. The van der Waals surface area contributed by atoms with Crippen LogP contribution in [0.3, 0.4) is 0 Å². The summed E-state index contributed by atoms with van der Waals surface area (Å²) in [5, 5.41) is 10.1. The van der Waals surface area contributed by atoms with Crippen molar-refractivity contribution in [1.29, 1.82) is 0 Å². The average Bonchev–Trinajstić information content (AvgIpc) is 3.07. The van der Waals surface area contributed by atoms with Gasteiger partial charge in [-0.2, -0.15) is 4.31 Å². The number of aliphatic hydroxyl groups is 1. The van der Waals surface area contributed by atoms with Gasteiger partial charge in [-0.1, -0.05) is 0 Å². The number of hydrogen-bond acceptors (Lipinski definition) is 9. The van der Waals surface area contributed by atoms with E-state index in [0.717, 1.165) is 6.33 Å². The molecule has 16 heteroatoms. The van der Waals surface area contributed by atoms with Crippen molar-refractivity contribution in [2.75, 3.05) is 6.61 Å². The predicted molar refractivity (Wildman–Crippen MR) is 81.6 cm³/mol. The Morgan fingerprint density at radius 2 is 2.08 bits per heavy atom. The Kier molecular flexibility index (Phi) is 5.14. The van der Waals surface area contributed by atoms with Gasteiger partial charge in [0.1, 0.15) is 6.10 Å². The third kappa shape index (κ3) is 4.26. The second-order valence-electron chi connectivity index (χ2n) is 5.34. The molecule has 5 N–H and O–H groups in total. The van der Waals surface area contributed by atoms with E-state index in [-0.39, 0.29) is 17.6 Å². The van der Waals surface area contributed by atoms with E-state index < -0.39 is 46.2 Å². The largest absolute Gasteiger partial charge is 0.481 e. The molecule has 0 amide bonds. The minimum absolute atomic E-state index is 0.0244. The standard InChI is InChI=1S/C10H14N4O10P2/c15-6-1-5(2-22-26(20,21)24-25(17,18)19)23-10(6)14-4-13-7-8(14)11-3-12-9(7)16/h3-6,10,15H,1-2H2,(H,20,21)(H,11,12,16)(H2,17,18,19)/t5-,6+,10+/m0/s1. The summed E-state index contributed by atoms with van der Waals surface area (Å²) in [6.07, 6.45) is -0.588. The Balaban J connectivity index is 1.70. The van der Waals surface area contributed by atoms with Crippen LogP contribution in [0.5, 0.6) is 0 Å². The number of nitrogens with zero attached hydrogens (tertiary/aromatic N) is 3. The molecule has 0 radical (unpaired) electrons. The van der Waals surface area contributed by atoms with E-state index in [9.17, 15) is 23.9 Å². The lowest BCUT2D eigenvalue weighted by Gasteiger charge is -2.17. The zero-order valence-electron chi connectivity index (χ0n) is 12.8. The number of H-pyrrole nitrogens is 1. The van der Waals surface area contributed by atoms with Crippen molar-refractivity contribution in [2.45, 2.75) is 24.9 Å². The third-order valence-corrected chi connectivity index (χ3v) is 5.59. The van der Waals surface area contributed by atoms with Gasteiger partial charge >= 0.3 is 15.6 Å². The van der Waals surface area contributed by atoms with Crippen molar-refractivity contribution < 1.29 is 42.5 Å². The van der Waals surface area contributed by atoms with Crippen molar-refractivity contribution in [1.82, 2.24) is 19.5 Å². The van der Waals surface area contributed by atoms with Crippen molar-refractivity contribution in [2.24, 2.45) is 0 Å². The number of imidazole rings is 1. The molecule has 3 heterocycles. The fourth-order valence-electron chi connectivity index (χ4n) is 2.47. The van der Waals surface area contributed by atoms with Crippen LogP contribution in [0.1, 0.15) is 12.6 Å². The Bertz CT molecular complexity index is 953. The van der Waals surface area contributed by atoms with E-state index in [4.69, 9.17) is 14.5 Å². The molecule has 0 bridgehead atoms. The summed E-state index contributed by atoms with van der Waals surface area (Å²) in [6, 6.07) is 0. The van der Waals surface area contributed by atoms with E-state index >= 15 is 0 Å². The monoisotopic (exact) mass is 412 g/mol. The van der Waals surface area contributed by atoms with Gasteiger partial charge in [0, 0.05) is 6.42 Å². The SMILES string of the molecule is O=c1[nH]cnc2c1ncn2[C@@H]1O[C@H](COP(=O)(O)OP(=O)(O)O)C[C@H]1O. The predicted octanol–water partition coefficient (Wildman–Crippen LogP) is -1.01. The zero-order valence-corrected chi connectivity index (χ0v) is 14.6. The quantitative estimate of drug-likeness (QED) is 0.362. The van der Waals surface area contributed by atoms with Crippen LogP contribution in [0.25, 0.3) is 11.2 Å². The van der Waals surface area contributed by atoms with Gasteiger partial charge in [-0.25, -0.2) is 19.1 Å². The number of aromatic nitrogens is 4. The summed E-state index contributed by atoms with van der Waals surface area (Å²) < 4.78 is 37.0. The molecule has 1 aliphatic heterocycles. The summed E-state index contributed by atoms with van der Waals surface area (Å²) in [7, 11) is -10.2. The molecule has 2 aromatic rings. The summed E-state index contributed by atoms with van der Waals surface area (Å²) >= 11 is 0. The van der Waals surface area contributed by atoms with Crippen molar-refractivity contribution >= 4 is 26.8 Å². The lowest BCUT2D eigenvalue weighted by molar-refractivity contribution is -0.0481. The van der Waals surface area contributed by atoms with E-state index in [1.54, 1.807) is 0 Å². The first kappa shape index (κ1) is 19.3. The molecule has 0 aromatic carbocycles. The highest BCUT2D eigenvalue weighted by Crippen LogP contribution is 2.57. The van der Waals surface area contributed by atoms with Crippen LogP contribution in [0.2, 0.25) is 0 Å². The Hall–Kier alpha value is -1.47. The molecule has 14 nitrogen and oxygen atoms in total. The average molecular weight is 412 g/mol. The van der Waals surface area contributed by atoms with Gasteiger partial charge in [-0.15, -0.1) is 0 Å². The number of ether oxygens (including phenoxy) is 1. The van der Waals surface area contributed by atoms with Gasteiger partial charge in [0.05, 0.1) is 25.4 Å². The van der Waals surface area contributed by atoms with Crippen molar-refractivity contribution in [3.63, 3.8) is 0 Å². The summed E-state index contributed by atoms with van der Waals surface area (Å²) in [4.78, 5) is 48.2. The number of nitrogens with one attached hydrogen (secondary N) is 1. The highest BCUT2D eigenvalue weighted by atomic mass is 31.3. The van der Waals surface area contributed by atoms with Crippen LogP contribution >= 0.6 is 15.6 Å². The number of fused-ring (bicyclic) bond motifs is 1. The fourth-order valence-corrected chi connectivity index (χ4v) is 4.09. The smallest absolute Gasteiger partial charge is 0.388 e.